The topological polar surface area (TPSA) is 89.4 Å². The van der Waals surface area contributed by atoms with Crippen molar-refractivity contribution in [2.45, 2.75) is 50.7 Å². The third-order valence-corrected chi connectivity index (χ3v) is 6.44. The number of likely N-dealkylation sites (tertiary alicyclic amines) is 1. The van der Waals surface area contributed by atoms with Gasteiger partial charge in [-0.25, -0.2) is 9.38 Å². The van der Waals surface area contributed by atoms with Crippen molar-refractivity contribution in [2.75, 3.05) is 18.0 Å². The number of hydrogen-bond acceptors (Lipinski definition) is 6. The van der Waals surface area contributed by atoms with Crippen molar-refractivity contribution in [3.8, 4) is 0 Å². The largest absolute Gasteiger partial charge is 0.369 e. The van der Waals surface area contributed by atoms with Gasteiger partial charge >= 0.3 is 0 Å². The number of thioether (sulfide) groups is 1. The molecule has 3 aromatic rings. The summed E-state index contributed by atoms with van der Waals surface area (Å²) in [5.41, 5.74) is 9.93. The van der Waals surface area contributed by atoms with E-state index in [1.54, 1.807) is 4.40 Å². The molecule has 0 saturated carbocycles. The van der Waals surface area contributed by atoms with Crippen LogP contribution in [0.2, 0.25) is 0 Å². The molecular weight excluding hydrogens is 384 g/mol. The van der Waals surface area contributed by atoms with Crippen LogP contribution in [0.5, 0.6) is 0 Å². The van der Waals surface area contributed by atoms with Crippen LogP contribution < -0.4 is 5.73 Å². The van der Waals surface area contributed by atoms with E-state index in [4.69, 9.17) is 5.73 Å². The Bertz CT molecular complexity index is 1020. The first-order valence-corrected chi connectivity index (χ1v) is 11.0. The lowest BCUT2D eigenvalue weighted by Crippen LogP contribution is -2.42. The normalized spacial score (nSPS) is 17.0. The van der Waals surface area contributed by atoms with Crippen LogP contribution in [0, 0.1) is 6.92 Å². The maximum absolute atomic E-state index is 12.7. The van der Waals surface area contributed by atoms with E-state index >= 15 is 0 Å². The summed E-state index contributed by atoms with van der Waals surface area (Å²) in [5.74, 6) is 0.814. The van der Waals surface area contributed by atoms with E-state index in [1.807, 2.05) is 30.0 Å². The number of carbonyl (C=O) groups excluding carboxylic acids is 1. The lowest BCUT2D eigenvalue weighted by molar-refractivity contribution is -0.131. The fourth-order valence-electron chi connectivity index (χ4n) is 3.90. The third kappa shape index (κ3) is 4.07. The predicted octanol–water partition coefficient (Wildman–Crippen LogP) is 3.10. The van der Waals surface area contributed by atoms with Crippen LogP contribution in [0.25, 0.3) is 5.65 Å². The Balaban J connectivity index is 1.58. The third-order valence-electron chi connectivity index (χ3n) is 5.52. The Labute approximate surface area is 174 Å². The lowest BCUT2D eigenvalue weighted by atomic mass is 10.0. The van der Waals surface area contributed by atoms with Crippen molar-refractivity contribution in [2.24, 2.45) is 0 Å². The van der Waals surface area contributed by atoms with Crippen molar-refractivity contribution in [1.29, 1.82) is 0 Å². The van der Waals surface area contributed by atoms with E-state index in [0.29, 0.717) is 35.0 Å². The molecule has 152 valence electrons. The summed E-state index contributed by atoms with van der Waals surface area (Å²) >= 11 is 1.37. The van der Waals surface area contributed by atoms with Gasteiger partial charge in [-0.2, -0.15) is 0 Å². The second-order valence-electron chi connectivity index (χ2n) is 7.56. The second-order valence-corrected chi connectivity index (χ2v) is 8.50. The van der Waals surface area contributed by atoms with Gasteiger partial charge in [-0.05, 0) is 38.7 Å². The summed E-state index contributed by atoms with van der Waals surface area (Å²) in [4.78, 5) is 19.2. The molecule has 1 atom stereocenters. The number of nitrogen functional groups attached to an aromatic ring is 1. The predicted molar refractivity (Wildman–Crippen MR) is 115 cm³/mol. The van der Waals surface area contributed by atoms with Crippen molar-refractivity contribution in [3.63, 3.8) is 0 Å². The van der Waals surface area contributed by atoms with Gasteiger partial charge in [0.05, 0.1) is 5.75 Å². The molecule has 1 aliphatic rings. The minimum absolute atomic E-state index is 0.141. The highest BCUT2D eigenvalue weighted by atomic mass is 32.2. The zero-order chi connectivity index (χ0) is 20.4. The molecule has 0 radical (unpaired) electrons. The standard InChI is InChI=1S/C21H26N6OS/c1-14-8-6-7-11-26(14)18(28)13-29-21-25-24-19-17(12-16-9-4-3-5-10-16)15(2)23-20(22)27(19)21/h3-5,9-10,14H,6-8,11-13H2,1-2H3,(H2,22,23). The maximum atomic E-state index is 12.7. The number of carbonyl (C=O) groups is 1. The van der Waals surface area contributed by atoms with Crippen LogP contribution in [0.1, 0.15) is 43.0 Å². The Morgan fingerprint density at radius 3 is 2.79 bits per heavy atom. The molecule has 1 amide bonds. The van der Waals surface area contributed by atoms with Gasteiger partial charge in [0.15, 0.2) is 10.8 Å². The number of nitrogens with two attached hydrogens (primary N) is 1. The summed E-state index contributed by atoms with van der Waals surface area (Å²) in [7, 11) is 0. The van der Waals surface area contributed by atoms with Gasteiger partial charge in [-0.15, -0.1) is 10.2 Å². The van der Waals surface area contributed by atoms with Gasteiger partial charge < -0.3 is 10.6 Å². The minimum atomic E-state index is 0.141. The monoisotopic (exact) mass is 410 g/mol. The molecule has 2 N–H and O–H groups in total. The summed E-state index contributed by atoms with van der Waals surface area (Å²) in [6, 6.07) is 10.5. The first-order chi connectivity index (χ1) is 14.0. The molecule has 1 fully saturated rings. The first kappa shape index (κ1) is 19.7. The number of fused-ring (bicyclic) bond motifs is 1. The molecule has 0 spiro atoms. The molecule has 4 rings (SSSR count). The molecular formula is C21H26N6OS. The van der Waals surface area contributed by atoms with E-state index in [-0.39, 0.29) is 5.91 Å². The highest BCUT2D eigenvalue weighted by Gasteiger charge is 2.24. The number of aromatic nitrogens is 4. The smallest absolute Gasteiger partial charge is 0.233 e. The number of benzene rings is 1. The Hall–Kier alpha value is -2.61. The average molecular weight is 411 g/mol. The van der Waals surface area contributed by atoms with Crippen LogP contribution in [-0.2, 0) is 11.2 Å². The molecule has 0 aliphatic carbocycles. The Morgan fingerprint density at radius 1 is 1.24 bits per heavy atom. The van der Waals surface area contributed by atoms with E-state index < -0.39 is 0 Å². The van der Waals surface area contributed by atoms with Crippen LogP contribution >= 0.6 is 11.8 Å². The Morgan fingerprint density at radius 2 is 2.03 bits per heavy atom. The number of rotatable bonds is 5. The van der Waals surface area contributed by atoms with E-state index in [1.165, 1.54) is 23.7 Å². The molecule has 1 unspecified atom stereocenters. The molecule has 0 bridgehead atoms. The molecule has 7 nitrogen and oxygen atoms in total. The van der Waals surface area contributed by atoms with Gasteiger partial charge in [0.25, 0.3) is 0 Å². The van der Waals surface area contributed by atoms with E-state index in [2.05, 4.69) is 34.2 Å². The summed E-state index contributed by atoms with van der Waals surface area (Å²) in [6.07, 6.45) is 4.05. The van der Waals surface area contributed by atoms with Crippen LogP contribution in [-0.4, -0.2) is 48.7 Å². The van der Waals surface area contributed by atoms with Gasteiger partial charge in [-0.3, -0.25) is 4.79 Å². The maximum Gasteiger partial charge on any atom is 0.233 e. The number of hydrogen-bond donors (Lipinski definition) is 1. The Kier molecular flexibility index (Phi) is 5.71. The van der Waals surface area contributed by atoms with Crippen LogP contribution in [0.3, 0.4) is 0 Å². The average Bonchev–Trinajstić information content (AvgIpc) is 3.15. The van der Waals surface area contributed by atoms with Crippen molar-refractivity contribution < 1.29 is 4.79 Å². The van der Waals surface area contributed by atoms with Gasteiger partial charge in [0, 0.05) is 30.3 Å². The first-order valence-electron chi connectivity index (χ1n) is 10.0. The van der Waals surface area contributed by atoms with Crippen LogP contribution in [0.15, 0.2) is 35.5 Å². The van der Waals surface area contributed by atoms with Gasteiger partial charge in [-0.1, -0.05) is 42.1 Å². The number of piperidine rings is 1. The van der Waals surface area contributed by atoms with E-state index in [0.717, 1.165) is 30.6 Å². The highest BCUT2D eigenvalue weighted by molar-refractivity contribution is 7.99. The van der Waals surface area contributed by atoms with Crippen molar-refractivity contribution in [3.05, 3.63) is 47.2 Å². The lowest BCUT2D eigenvalue weighted by Gasteiger charge is -2.33. The molecule has 29 heavy (non-hydrogen) atoms. The number of nitrogens with zero attached hydrogens (tertiary/aromatic N) is 5. The molecule has 1 saturated heterocycles. The number of anilines is 1. The summed E-state index contributed by atoms with van der Waals surface area (Å²) < 4.78 is 1.77. The second kappa shape index (κ2) is 8.41. The van der Waals surface area contributed by atoms with Crippen molar-refractivity contribution in [1.82, 2.24) is 24.5 Å². The fraction of sp³-hybridized carbons (Fsp3) is 0.429. The summed E-state index contributed by atoms with van der Waals surface area (Å²) in [6.45, 7) is 4.90. The van der Waals surface area contributed by atoms with Crippen LogP contribution in [0.4, 0.5) is 5.95 Å². The SMILES string of the molecule is Cc1nc(N)n2c(SCC(=O)N3CCCCC3C)nnc2c1Cc1ccccc1. The van der Waals surface area contributed by atoms with Gasteiger partial charge in [0.1, 0.15) is 0 Å². The van der Waals surface area contributed by atoms with Crippen molar-refractivity contribution >= 4 is 29.3 Å². The van der Waals surface area contributed by atoms with E-state index in [9.17, 15) is 4.79 Å². The number of aryl methyl sites for hydroxylation is 1. The zero-order valence-corrected chi connectivity index (χ0v) is 17.7. The molecule has 3 heterocycles. The summed E-state index contributed by atoms with van der Waals surface area (Å²) in [5, 5.41) is 9.32. The van der Waals surface area contributed by atoms with Gasteiger partial charge in [0.2, 0.25) is 11.9 Å². The number of amides is 1. The molecule has 8 heteroatoms. The molecule has 1 aliphatic heterocycles. The molecule has 2 aromatic heterocycles. The fourth-order valence-corrected chi connectivity index (χ4v) is 4.73. The quantitative estimate of drug-likeness (QED) is 0.650. The highest BCUT2D eigenvalue weighted by Crippen LogP contribution is 2.26. The minimum Gasteiger partial charge on any atom is -0.369 e. The molecule has 1 aromatic carbocycles. The zero-order valence-electron chi connectivity index (χ0n) is 16.8.